The molecule has 0 spiro atoms. The lowest BCUT2D eigenvalue weighted by Gasteiger charge is -2.21. The van der Waals surface area contributed by atoms with Crippen LogP contribution in [0.4, 0.5) is 0 Å². The quantitative estimate of drug-likeness (QED) is 0.0169. The number of rotatable bonds is 74. The largest absolute Gasteiger partial charge is 0.472 e. The third-order valence-corrected chi connectivity index (χ3v) is 19.4. The lowest BCUT2D eigenvalue weighted by molar-refractivity contribution is -0.161. The Morgan fingerprint density at radius 1 is 0.320 bits per heavy atom. The van der Waals surface area contributed by atoms with Gasteiger partial charge in [0, 0.05) is 25.7 Å². The number of allylic oxidation sites excluding steroid dienone is 4. The summed E-state index contributed by atoms with van der Waals surface area (Å²) in [5.74, 6) is 0.110. The van der Waals surface area contributed by atoms with Gasteiger partial charge >= 0.3 is 39.5 Å². The Kier molecular flexibility index (Phi) is 66.3. The van der Waals surface area contributed by atoms with Gasteiger partial charge in [-0.1, -0.05) is 323 Å². The first-order chi connectivity index (χ1) is 46.7. The van der Waals surface area contributed by atoms with Gasteiger partial charge in [0.2, 0.25) is 0 Å². The second-order valence-electron chi connectivity index (χ2n) is 28.8. The van der Waals surface area contributed by atoms with E-state index in [4.69, 9.17) is 37.0 Å². The maximum absolute atomic E-state index is 13.1. The van der Waals surface area contributed by atoms with Gasteiger partial charge in [-0.3, -0.25) is 37.3 Å². The number of phosphoric ester groups is 2. The Labute approximate surface area is 592 Å². The Bertz CT molecular complexity index is 1980. The summed E-state index contributed by atoms with van der Waals surface area (Å²) < 4.78 is 68.5. The highest BCUT2D eigenvalue weighted by Crippen LogP contribution is 2.45. The first-order valence-electron chi connectivity index (χ1n) is 39.7. The van der Waals surface area contributed by atoms with Crippen LogP contribution in [0.3, 0.4) is 0 Å². The molecule has 97 heavy (non-hydrogen) atoms. The average Bonchev–Trinajstić information content (AvgIpc) is 1.38. The van der Waals surface area contributed by atoms with Crippen molar-refractivity contribution in [2.45, 2.75) is 394 Å². The van der Waals surface area contributed by atoms with Crippen LogP contribution >= 0.6 is 15.6 Å². The van der Waals surface area contributed by atoms with E-state index in [9.17, 15) is 43.2 Å². The summed E-state index contributed by atoms with van der Waals surface area (Å²) in [6.07, 6.45) is 57.8. The number of phosphoric acid groups is 2. The van der Waals surface area contributed by atoms with E-state index in [-0.39, 0.29) is 25.7 Å². The Morgan fingerprint density at radius 3 is 0.835 bits per heavy atom. The van der Waals surface area contributed by atoms with E-state index in [2.05, 4.69) is 72.8 Å². The summed E-state index contributed by atoms with van der Waals surface area (Å²) in [6.45, 7) is 11.8. The predicted octanol–water partition coefficient (Wildman–Crippen LogP) is 22.5. The molecule has 0 aliphatic heterocycles. The van der Waals surface area contributed by atoms with Crippen molar-refractivity contribution in [3.05, 3.63) is 24.3 Å². The van der Waals surface area contributed by atoms with Gasteiger partial charge in [0.05, 0.1) is 26.4 Å². The van der Waals surface area contributed by atoms with Gasteiger partial charge in [-0.2, -0.15) is 0 Å². The standard InChI is InChI=1S/C78H148O17P2/c1-8-9-10-11-12-13-14-15-17-22-28-33-38-47-54-61-77(82)94-73(65-88-75(80)59-52-45-37-32-27-21-19-16-18-20-25-30-35-42-49-56-69(2)3)67-92-96(84,85)90-63-72(79)64-91-97(86,87)93-68-74(66-89-76(81)60-53-46-41-40-44-51-58-71(6)7)95-78(83)62-55-48-39-34-29-24-23-26-31-36-43-50-57-70(4)5/h13-15,17,69-74,79H,8-12,16,18-68H2,1-7H3,(H,84,85)(H,86,87)/b14-13-,17-15-/t72-,73-,74-/m1/s1. The Hall–Kier alpha value is -2.46. The van der Waals surface area contributed by atoms with Crippen molar-refractivity contribution in [2.24, 2.45) is 17.8 Å². The molecule has 0 heterocycles. The maximum Gasteiger partial charge on any atom is 0.472 e. The van der Waals surface area contributed by atoms with Gasteiger partial charge in [-0.15, -0.1) is 0 Å². The molecule has 0 aliphatic rings. The summed E-state index contributed by atoms with van der Waals surface area (Å²) in [6, 6.07) is 0. The van der Waals surface area contributed by atoms with Crippen molar-refractivity contribution >= 4 is 39.5 Å². The van der Waals surface area contributed by atoms with E-state index < -0.39 is 97.5 Å². The van der Waals surface area contributed by atoms with Gasteiger partial charge < -0.3 is 33.8 Å². The van der Waals surface area contributed by atoms with Crippen molar-refractivity contribution < 1.29 is 80.2 Å². The van der Waals surface area contributed by atoms with Crippen molar-refractivity contribution in [1.29, 1.82) is 0 Å². The summed E-state index contributed by atoms with van der Waals surface area (Å²) in [5.41, 5.74) is 0. The molecule has 0 rings (SSSR count). The lowest BCUT2D eigenvalue weighted by Crippen LogP contribution is -2.30. The first kappa shape index (κ1) is 94.5. The minimum Gasteiger partial charge on any atom is -0.462 e. The summed E-state index contributed by atoms with van der Waals surface area (Å²) in [4.78, 5) is 72.8. The molecule has 5 atom stereocenters. The van der Waals surface area contributed by atoms with E-state index in [1.807, 2.05) is 0 Å². The minimum absolute atomic E-state index is 0.0850. The van der Waals surface area contributed by atoms with Crippen molar-refractivity contribution in [1.82, 2.24) is 0 Å². The normalized spacial score (nSPS) is 14.2. The first-order valence-corrected chi connectivity index (χ1v) is 42.7. The monoisotopic (exact) mass is 1420 g/mol. The zero-order chi connectivity index (χ0) is 71.6. The SMILES string of the molecule is CCCCCC/C=C\C=C/CCCCCCCC(=O)O[C@H](COC(=O)CCCCCCCCCCCCCCCCCC(C)C)COP(=O)(O)OC[C@@H](O)COP(=O)(O)OC[C@@H](COC(=O)CCCCCCCCC(C)C)OC(=O)CCCCCCCCCCCCCCC(C)C. The number of aliphatic hydroxyl groups is 1. The smallest absolute Gasteiger partial charge is 0.462 e. The lowest BCUT2D eigenvalue weighted by atomic mass is 10.0. The number of ether oxygens (including phenoxy) is 4. The number of esters is 4. The number of hydrogen-bond acceptors (Lipinski definition) is 15. The van der Waals surface area contributed by atoms with E-state index in [1.54, 1.807) is 0 Å². The van der Waals surface area contributed by atoms with Crippen molar-refractivity contribution in [3.63, 3.8) is 0 Å². The molecule has 0 saturated heterocycles. The number of carbonyl (C=O) groups is 4. The number of unbranched alkanes of at least 4 members (excludes halogenated alkanes) is 39. The van der Waals surface area contributed by atoms with Crippen LogP contribution in [0.5, 0.6) is 0 Å². The maximum atomic E-state index is 13.1. The van der Waals surface area contributed by atoms with E-state index in [0.29, 0.717) is 31.6 Å². The fourth-order valence-electron chi connectivity index (χ4n) is 11.4. The number of aliphatic hydroxyl groups excluding tert-OH is 1. The van der Waals surface area contributed by atoms with Gasteiger partial charge in [-0.25, -0.2) is 9.13 Å². The summed E-state index contributed by atoms with van der Waals surface area (Å²) in [5, 5.41) is 10.6. The third kappa shape index (κ3) is 71.7. The molecule has 0 radical (unpaired) electrons. The number of carbonyl (C=O) groups excluding carboxylic acids is 4. The van der Waals surface area contributed by atoms with Gasteiger partial charge in [-0.05, 0) is 69.1 Å². The van der Waals surface area contributed by atoms with Crippen LogP contribution in [0, 0.1) is 17.8 Å². The van der Waals surface area contributed by atoms with E-state index in [1.165, 1.54) is 167 Å². The minimum atomic E-state index is -4.97. The molecule has 0 aromatic carbocycles. The summed E-state index contributed by atoms with van der Waals surface area (Å²) in [7, 11) is -9.93. The van der Waals surface area contributed by atoms with Gasteiger partial charge in [0.25, 0.3) is 0 Å². The van der Waals surface area contributed by atoms with Crippen molar-refractivity contribution in [2.75, 3.05) is 39.6 Å². The second kappa shape index (κ2) is 68.0. The van der Waals surface area contributed by atoms with Crippen LogP contribution in [-0.2, 0) is 65.4 Å². The topological polar surface area (TPSA) is 237 Å². The Balaban J connectivity index is 5.26. The second-order valence-corrected chi connectivity index (χ2v) is 31.7. The molecule has 0 bridgehead atoms. The molecule has 0 aromatic heterocycles. The Morgan fingerprint density at radius 2 is 0.557 bits per heavy atom. The molecule has 572 valence electrons. The van der Waals surface area contributed by atoms with Crippen LogP contribution in [0.15, 0.2) is 24.3 Å². The molecule has 3 N–H and O–H groups in total. The molecule has 19 heteroatoms. The van der Waals surface area contributed by atoms with E-state index in [0.717, 1.165) is 121 Å². The van der Waals surface area contributed by atoms with E-state index >= 15 is 0 Å². The highest BCUT2D eigenvalue weighted by atomic mass is 31.2. The molecule has 17 nitrogen and oxygen atoms in total. The molecular weight excluding hydrogens is 1270 g/mol. The molecule has 0 amide bonds. The molecule has 2 unspecified atom stereocenters. The highest BCUT2D eigenvalue weighted by molar-refractivity contribution is 7.47. The fourth-order valence-corrected chi connectivity index (χ4v) is 13.0. The van der Waals surface area contributed by atoms with Crippen LogP contribution in [0.1, 0.15) is 376 Å². The molecule has 0 aliphatic carbocycles. The van der Waals surface area contributed by atoms with Gasteiger partial charge in [0.1, 0.15) is 19.3 Å². The third-order valence-electron chi connectivity index (χ3n) is 17.5. The zero-order valence-corrected chi connectivity index (χ0v) is 64.8. The van der Waals surface area contributed by atoms with Crippen molar-refractivity contribution in [3.8, 4) is 0 Å². The van der Waals surface area contributed by atoms with Crippen LogP contribution in [0.2, 0.25) is 0 Å². The van der Waals surface area contributed by atoms with Crippen LogP contribution in [0.25, 0.3) is 0 Å². The molecule has 0 aromatic rings. The van der Waals surface area contributed by atoms with Crippen LogP contribution < -0.4 is 0 Å². The van der Waals surface area contributed by atoms with Gasteiger partial charge in [0.15, 0.2) is 12.2 Å². The molecule has 0 saturated carbocycles. The number of hydrogen-bond donors (Lipinski definition) is 3. The molecular formula is C78H148O17P2. The fraction of sp³-hybridized carbons (Fsp3) is 0.897. The zero-order valence-electron chi connectivity index (χ0n) is 63.0. The summed E-state index contributed by atoms with van der Waals surface area (Å²) >= 11 is 0. The predicted molar refractivity (Wildman–Crippen MR) is 395 cm³/mol. The highest BCUT2D eigenvalue weighted by Gasteiger charge is 2.30. The average molecular weight is 1420 g/mol. The van der Waals surface area contributed by atoms with Crippen LogP contribution in [-0.4, -0.2) is 96.7 Å². The molecule has 0 fully saturated rings.